The van der Waals surface area contributed by atoms with Crippen molar-refractivity contribution in [2.24, 2.45) is 0 Å². The van der Waals surface area contributed by atoms with Gasteiger partial charge in [0.2, 0.25) is 0 Å². The quantitative estimate of drug-likeness (QED) is 0.690. The molecule has 0 amide bonds. The number of piperidine rings is 1. The highest BCUT2D eigenvalue weighted by atomic mass is 16.1. The van der Waals surface area contributed by atoms with Crippen molar-refractivity contribution in [1.29, 1.82) is 0 Å². The smallest absolute Gasteiger partial charge is 0.142 e. The van der Waals surface area contributed by atoms with Crippen LogP contribution in [-0.4, -0.2) is 23.9 Å². The van der Waals surface area contributed by atoms with E-state index in [9.17, 15) is 4.79 Å². The number of hydrogen-bond acceptors (Lipinski definition) is 3. The standard InChI is InChI=1S/C12H16N2O/c1-10-8-13-6-5-12(10)14-7-3-2-4-11(14)9-15/h5-6,8-9,11H,2-4,7H2,1H3. The molecule has 1 aliphatic heterocycles. The highest BCUT2D eigenvalue weighted by Crippen LogP contribution is 2.25. The molecule has 0 bridgehead atoms. The van der Waals surface area contributed by atoms with Crippen molar-refractivity contribution in [1.82, 2.24) is 4.98 Å². The monoisotopic (exact) mass is 204 g/mol. The van der Waals surface area contributed by atoms with Crippen LogP contribution in [-0.2, 0) is 4.79 Å². The van der Waals surface area contributed by atoms with Crippen molar-refractivity contribution >= 4 is 12.0 Å². The first kappa shape index (κ1) is 10.1. The van der Waals surface area contributed by atoms with E-state index >= 15 is 0 Å². The van der Waals surface area contributed by atoms with Gasteiger partial charge < -0.3 is 9.69 Å². The minimum Gasteiger partial charge on any atom is -0.361 e. The van der Waals surface area contributed by atoms with Crippen molar-refractivity contribution in [2.45, 2.75) is 32.2 Å². The van der Waals surface area contributed by atoms with Gasteiger partial charge in [-0.2, -0.15) is 0 Å². The van der Waals surface area contributed by atoms with Crippen LogP contribution in [0.5, 0.6) is 0 Å². The summed E-state index contributed by atoms with van der Waals surface area (Å²) in [4.78, 5) is 17.3. The molecule has 0 saturated carbocycles. The number of carbonyl (C=O) groups is 1. The molecule has 0 spiro atoms. The van der Waals surface area contributed by atoms with Gasteiger partial charge in [0.25, 0.3) is 0 Å². The van der Waals surface area contributed by atoms with Crippen LogP contribution in [0.25, 0.3) is 0 Å². The second-order valence-corrected chi connectivity index (χ2v) is 4.05. The van der Waals surface area contributed by atoms with Crippen LogP contribution in [0.15, 0.2) is 18.5 Å². The van der Waals surface area contributed by atoms with E-state index < -0.39 is 0 Å². The lowest BCUT2D eigenvalue weighted by Crippen LogP contribution is -2.41. The summed E-state index contributed by atoms with van der Waals surface area (Å²) < 4.78 is 0. The molecule has 0 aliphatic carbocycles. The molecule has 1 aromatic rings. The number of carbonyl (C=O) groups excluding carboxylic acids is 1. The summed E-state index contributed by atoms with van der Waals surface area (Å²) >= 11 is 0. The lowest BCUT2D eigenvalue weighted by atomic mass is 10.0. The Morgan fingerprint density at radius 3 is 3.13 bits per heavy atom. The van der Waals surface area contributed by atoms with Gasteiger partial charge in [-0.15, -0.1) is 0 Å². The fourth-order valence-electron chi connectivity index (χ4n) is 2.19. The Bertz CT molecular complexity index is 351. The fourth-order valence-corrected chi connectivity index (χ4v) is 2.19. The van der Waals surface area contributed by atoms with Gasteiger partial charge in [-0.3, -0.25) is 4.98 Å². The number of nitrogens with zero attached hydrogens (tertiary/aromatic N) is 2. The van der Waals surface area contributed by atoms with Crippen LogP contribution in [0.3, 0.4) is 0 Å². The highest BCUT2D eigenvalue weighted by molar-refractivity contribution is 5.67. The predicted octanol–water partition coefficient (Wildman–Crippen LogP) is 1.95. The zero-order chi connectivity index (χ0) is 10.7. The SMILES string of the molecule is Cc1cnccc1N1CCCCC1C=O. The van der Waals surface area contributed by atoms with Gasteiger partial charge >= 0.3 is 0 Å². The molecular weight excluding hydrogens is 188 g/mol. The molecule has 0 N–H and O–H groups in total. The summed E-state index contributed by atoms with van der Waals surface area (Å²) in [5.74, 6) is 0. The Labute approximate surface area is 90.1 Å². The van der Waals surface area contributed by atoms with Crippen molar-refractivity contribution in [3.8, 4) is 0 Å². The Morgan fingerprint density at radius 2 is 2.40 bits per heavy atom. The molecule has 15 heavy (non-hydrogen) atoms. The van der Waals surface area contributed by atoms with Crippen LogP contribution in [0.2, 0.25) is 0 Å². The molecule has 80 valence electrons. The average molecular weight is 204 g/mol. The number of aldehydes is 1. The number of aromatic nitrogens is 1. The summed E-state index contributed by atoms with van der Waals surface area (Å²) in [5, 5.41) is 0. The summed E-state index contributed by atoms with van der Waals surface area (Å²) in [7, 11) is 0. The predicted molar refractivity (Wildman–Crippen MR) is 60.0 cm³/mol. The lowest BCUT2D eigenvalue weighted by molar-refractivity contribution is -0.109. The number of aryl methyl sites for hydroxylation is 1. The van der Waals surface area contributed by atoms with E-state index in [2.05, 4.69) is 9.88 Å². The van der Waals surface area contributed by atoms with Gasteiger partial charge in [0.1, 0.15) is 6.29 Å². The molecular formula is C12H16N2O. The van der Waals surface area contributed by atoms with Crippen molar-refractivity contribution in [3.63, 3.8) is 0 Å². The highest BCUT2D eigenvalue weighted by Gasteiger charge is 2.22. The number of rotatable bonds is 2. The van der Waals surface area contributed by atoms with E-state index in [0.717, 1.165) is 36.9 Å². The minimum absolute atomic E-state index is 0.0554. The molecule has 3 nitrogen and oxygen atoms in total. The Balaban J connectivity index is 2.28. The van der Waals surface area contributed by atoms with Gasteiger partial charge in [-0.1, -0.05) is 0 Å². The molecule has 1 saturated heterocycles. The maximum absolute atomic E-state index is 11.0. The molecule has 1 unspecified atom stereocenters. The van der Waals surface area contributed by atoms with E-state index in [4.69, 9.17) is 0 Å². The molecule has 3 heteroatoms. The largest absolute Gasteiger partial charge is 0.361 e. The first-order chi connectivity index (χ1) is 7.33. The maximum Gasteiger partial charge on any atom is 0.142 e. The van der Waals surface area contributed by atoms with Crippen molar-refractivity contribution in [2.75, 3.05) is 11.4 Å². The molecule has 2 rings (SSSR count). The van der Waals surface area contributed by atoms with Crippen LogP contribution in [0.4, 0.5) is 5.69 Å². The first-order valence-corrected chi connectivity index (χ1v) is 5.45. The van der Waals surface area contributed by atoms with Crippen molar-refractivity contribution < 1.29 is 4.79 Å². The van der Waals surface area contributed by atoms with Gasteiger partial charge in [-0.05, 0) is 37.8 Å². The zero-order valence-electron chi connectivity index (χ0n) is 9.02. The summed E-state index contributed by atoms with van der Waals surface area (Å²) in [6.45, 7) is 3.02. The first-order valence-electron chi connectivity index (χ1n) is 5.45. The molecule has 2 heterocycles. The fraction of sp³-hybridized carbons (Fsp3) is 0.500. The average Bonchev–Trinajstić information content (AvgIpc) is 2.30. The summed E-state index contributed by atoms with van der Waals surface area (Å²) in [6.07, 6.45) is 8.02. The van der Waals surface area contributed by atoms with E-state index in [-0.39, 0.29) is 6.04 Å². The molecule has 1 fully saturated rings. The third-order valence-corrected chi connectivity index (χ3v) is 3.01. The van der Waals surface area contributed by atoms with E-state index in [1.807, 2.05) is 19.2 Å². The second-order valence-electron chi connectivity index (χ2n) is 4.05. The molecule has 1 aromatic heterocycles. The lowest BCUT2D eigenvalue weighted by Gasteiger charge is -2.35. The maximum atomic E-state index is 11.0. The van der Waals surface area contributed by atoms with E-state index in [1.54, 1.807) is 6.20 Å². The van der Waals surface area contributed by atoms with Crippen LogP contribution in [0.1, 0.15) is 24.8 Å². The third kappa shape index (κ3) is 2.01. The molecule has 0 radical (unpaired) electrons. The zero-order valence-corrected chi connectivity index (χ0v) is 9.02. The Hall–Kier alpha value is -1.38. The summed E-state index contributed by atoms with van der Waals surface area (Å²) in [6, 6.07) is 2.05. The topological polar surface area (TPSA) is 33.2 Å². The van der Waals surface area contributed by atoms with E-state index in [1.165, 1.54) is 6.42 Å². The van der Waals surface area contributed by atoms with Crippen molar-refractivity contribution in [3.05, 3.63) is 24.0 Å². The number of pyridine rings is 1. The minimum atomic E-state index is 0.0554. The second kappa shape index (κ2) is 4.43. The summed E-state index contributed by atoms with van der Waals surface area (Å²) in [5.41, 5.74) is 2.30. The molecule has 1 atom stereocenters. The Kier molecular flexibility index (Phi) is 2.99. The normalized spacial score (nSPS) is 21.4. The van der Waals surface area contributed by atoms with Crippen LogP contribution < -0.4 is 4.90 Å². The third-order valence-electron chi connectivity index (χ3n) is 3.01. The Morgan fingerprint density at radius 1 is 1.53 bits per heavy atom. The molecule has 1 aliphatic rings. The van der Waals surface area contributed by atoms with Gasteiger partial charge in [0.15, 0.2) is 0 Å². The van der Waals surface area contributed by atoms with Crippen LogP contribution in [0, 0.1) is 6.92 Å². The number of anilines is 1. The number of hydrogen-bond donors (Lipinski definition) is 0. The van der Waals surface area contributed by atoms with E-state index in [0.29, 0.717) is 0 Å². The van der Waals surface area contributed by atoms with Gasteiger partial charge in [0, 0.05) is 24.6 Å². The van der Waals surface area contributed by atoms with Gasteiger partial charge in [0.05, 0.1) is 6.04 Å². The van der Waals surface area contributed by atoms with Gasteiger partial charge in [-0.25, -0.2) is 0 Å². The molecule has 0 aromatic carbocycles. The van der Waals surface area contributed by atoms with Crippen LogP contribution >= 0.6 is 0 Å².